The van der Waals surface area contributed by atoms with E-state index in [0.29, 0.717) is 40.9 Å². The summed E-state index contributed by atoms with van der Waals surface area (Å²) in [6, 6.07) is 3.96. The fourth-order valence-corrected chi connectivity index (χ4v) is 12.1. The van der Waals surface area contributed by atoms with Crippen LogP contribution in [-0.2, 0) is 0 Å². The van der Waals surface area contributed by atoms with Crippen molar-refractivity contribution < 1.29 is 14.2 Å². The first-order valence-corrected chi connectivity index (χ1v) is 22.0. The maximum Gasteiger partial charge on any atom is 0.157 e. The summed E-state index contributed by atoms with van der Waals surface area (Å²) in [5.41, 5.74) is 3.19. The van der Waals surface area contributed by atoms with Gasteiger partial charge in [-0.3, -0.25) is 0 Å². The molecule has 4 aromatic carbocycles. The van der Waals surface area contributed by atoms with Crippen LogP contribution in [0.15, 0.2) is 74.8 Å². The van der Waals surface area contributed by atoms with Crippen LogP contribution in [0.5, 0.6) is 23.0 Å². The summed E-state index contributed by atoms with van der Waals surface area (Å²) in [6.07, 6.45) is 0. The van der Waals surface area contributed by atoms with Gasteiger partial charge >= 0.3 is 0 Å². The molecule has 0 aliphatic rings. The van der Waals surface area contributed by atoms with Crippen LogP contribution in [-0.4, -0.2) is 14.2 Å². The Hall–Kier alpha value is 3.00. The Morgan fingerprint density at radius 1 is 0.349 bits per heavy atom. The summed E-state index contributed by atoms with van der Waals surface area (Å²) in [6.45, 7) is 0. The molecule has 228 valence electrons. The molecule has 0 saturated carbocycles. The number of hydrogen-bond donors (Lipinski definition) is 0. The van der Waals surface area contributed by atoms with E-state index in [1.165, 1.54) is 0 Å². The van der Waals surface area contributed by atoms with Crippen LogP contribution in [0.3, 0.4) is 0 Å². The average Bonchev–Trinajstić information content (AvgIpc) is 2.98. The minimum absolute atomic E-state index is 0.517. The first-order valence-electron chi connectivity index (χ1n) is 10.9. The molecule has 0 atom stereocenters. The van der Waals surface area contributed by atoms with Gasteiger partial charge in [0.05, 0.1) is 50.0 Å². The highest BCUT2D eigenvalue weighted by molar-refractivity contribution is 9.16. The molecule has 0 bridgehead atoms. The second kappa shape index (κ2) is 15.9. The molecule has 0 aromatic heterocycles. The Morgan fingerprint density at radius 3 is 0.953 bits per heavy atom. The Balaban J connectivity index is 2.03. The minimum atomic E-state index is 0.517. The van der Waals surface area contributed by atoms with Gasteiger partial charge < -0.3 is 14.2 Å². The fraction of sp³-hybridized carbons (Fsp3) is 0.0769. The molecular weight excluding hydrogens is 1480 g/mol. The van der Waals surface area contributed by atoms with Gasteiger partial charge in [0.2, 0.25) is 0 Å². The number of rotatable bonds is 6. The number of methoxy groups -OCH3 is 2. The summed E-state index contributed by atoms with van der Waals surface area (Å²) in [4.78, 5) is 0. The van der Waals surface area contributed by atoms with E-state index >= 15 is 0 Å². The molecule has 3 nitrogen and oxygen atoms in total. The van der Waals surface area contributed by atoms with Gasteiger partial charge in [0.1, 0.15) is 11.5 Å². The normalized spacial score (nSPS) is 11.3. The zero-order valence-corrected chi connectivity index (χ0v) is 42.9. The zero-order chi connectivity index (χ0) is 32.2. The van der Waals surface area contributed by atoms with E-state index in [1.54, 1.807) is 14.2 Å². The van der Waals surface area contributed by atoms with Gasteiger partial charge in [-0.05, 0) is 235 Å². The third kappa shape index (κ3) is 7.27. The summed E-state index contributed by atoms with van der Waals surface area (Å²) in [7, 11) is 3.25. The molecule has 0 aliphatic heterocycles. The highest BCUT2D eigenvalue weighted by Gasteiger charge is 2.29. The summed E-state index contributed by atoms with van der Waals surface area (Å²) in [5.74, 6) is 2.28. The molecule has 43 heavy (non-hydrogen) atoms. The molecule has 0 N–H and O–H groups in total. The molecule has 4 aromatic rings. The molecule has 0 radical (unpaired) electrons. The summed E-state index contributed by atoms with van der Waals surface area (Å²) in [5, 5.41) is 0. The lowest BCUT2D eigenvalue weighted by molar-refractivity contribution is 0.413. The molecule has 0 fully saturated rings. The third-order valence-electron chi connectivity index (χ3n) is 5.83. The molecule has 0 unspecified atom stereocenters. The zero-order valence-electron chi connectivity index (χ0n) is 20.7. The number of ether oxygens (including phenoxy) is 3. The van der Waals surface area contributed by atoms with Gasteiger partial charge in [-0.1, -0.05) is 0 Å². The van der Waals surface area contributed by atoms with Crippen LogP contribution in [0.25, 0.3) is 22.3 Å². The van der Waals surface area contributed by atoms with Crippen molar-refractivity contribution in [2.24, 2.45) is 0 Å². The van der Waals surface area contributed by atoms with Crippen molar-refractivity contribution in [3.63, 3.8) is 0 Å². The largest absolute Gasteiger partial charge is 0.495 e. The van der Waals surface area contributed by atoms with Crippen molar-refractivity contribution in [2.75, 3.05) is 14.2 Å². The SMILES string of the molecule is COc1c(Br)c(Br)c(Br)c(Br)c1-c1cc(Br)c(Br)c(Oc2c(Br)c(Br)cc(-c3c(Br)c(Br)c(Br)c(Br)c3OC)c2Br)c1Br. The summed E-state index contributed by atoms with van der Waals surface area (Å²) >= 11 is 51.9. The number of benzene rings is 4. The molecule has 0 spiro atoms. The average molecular weight is 1490 g/mol. The van der Waals surface area contributed by atoms with Crippen LogP contribution < -0.4 is 14.2 Å². The topological polar surface area (TPSA) is 27.7 Å². The second-order valence-electron chi connectivity index (χ2n) is 8.16. The molecule has 17 heteroatoms. The van der Waals surface area contributed by atoms with E-state index in [2.05, 4.69) is 223 Å². The molecule has 0 aliphatic carbocycles. The van der Waals surface area contributed by atoms with Crippen LogP contribution >= 0.6 is 223 Å². The van der Waals surface area contributed by atoms with Gasteiger partial charge in [0.15, 0.2) is 11.5 Å². The van der Waals surface area contributed by atoms with Crippen molar-refractivity contribution in [1.29, 1.82) is 0 Å². The van der Waals surface area contributed by atoms with E-state index in [1.807, 2.05) is 12.1 Å². The predicted molar refractivity (Wildman–Crippen MR) is 225 cm³/mol. The van der Waals surface area contributed by atoms with Gasteiger partial charge in [-0.2, -0.15) is 0 Å². The first-order chi connectivity index (χ1) is 20.1. The standard InChI is InChI=1S/C26H8Br14O3/c1-41-23-9(15(33)17(35)19(37)21(23)39)5-3-7(27)13(31)25(11(5)29)43-26-12(30)6(4-8(28)14(26)32)10-16(34)18(36)20(38)22(40)24(10)42-2/h3-4H,1-2H3. The van der Waals surface area contributed by atoms with Crippen LogP contribution in [0.4, 0.5) is 0 Å². The lowest BCUT2D eigenvalue weighted by Crippen LogP contribution is -1.99. The molecular formula is C26H8Br14O3. The Morgan fingerprint density at radius 2 is 0.651 bits per heavy atom. The Bertz CT molecular complexity index is 1690. The van der Waals surface area contributed by atoms with E-state index in [4.69, 9.17) is 14.2 Å². The van der Waals surface area contributed by atoms with Crippen LogP contribution in [0.2, 0.25) is 0 Å². The molecule has 0 saturated heterocycles. The number of halogens is 14. The smallest absolute Gasteiger partial charge is 0.157 e. The Kier molecular flexibility index (Phi) is 14.4. The molecule has 0 amide bonds. The highest BCUT2D eigenvalue weighted by Crippen LogP contribution is 2.58. The van der Waals surface area contributed by atoms with Crippen LogP contribution in [0, 0.1) is 0 Å². The predicted octanol–water partition coefficient (Wildman–Crippen LogP) is 17.5. The van der Waals surface area contributed by atoms with Crippen molar-refractivity contribution in [3.8, 4) is 45.3 Å². The number of hydrogen-bond acceptors (Lipinski definition) is 3. The van der Waals surface area contributed by atoms with E-state index < -0.39 is 0 Å². The quantitative estimate of drug-likeness (QED) is 0.142. The van der Waals surface area contributed by atoms with Gasteiger partial charge in [0.25, 0.3) is 0 Å². The lowest BCUT2D eigenvalue weighted by Gasteiger charge is -2.22. The third-order valence-corrected chi connectivity index (χ3v) is 20.8. The Labute approximate surface area is 365 Å². The maximum atomic E-state index is 6.76. The van der Waals surface area contributed by atoms with Gasteiger partial charge in [-0.15, -0.1) is 0 Å². The second-order valence-corrected chi connectivity index (χ2v) is 19.4. The summed E-state index contributed by atoms with van der Waals surface area (Å²) < 4.78 is 29.1. The van der Waals surface area contributed by atoms with Crippen molar-refractivity contribution >= 4 is 223 Å². The lowest BCUT2D eigenvalue weighted by atomic mass is 10.0. The van der Waals surface area contributed by atoms with Gasteiger partial charge in [-0.25, -0.2) is 0 Å². The van der Waals surface area contributed by atoms with Crippen molar-refractivity contribution in [3.05, 3.63) is 74.8 Å². The van der Waals surface area contributed by atoms with Crippen molar-refractivity contribution in [1.82, 2.24) is 0 Å². The minimum Gasteiger partial charge on any atom is -0.495 e. The monoisotopic (exact) mass is 1470 g/mol. The molecule has 4 rings (SSSR count). The first kappa shape index (κ1) is 38.8. The van der Waals surface area contributed by atoms with Crippen molar-refractivity contribution in [2.45, 2.75) is 0 Å². The van der Waals surface area contributed by atoms with E-state index in [9.17, 15) is 0 Å². The van der Waals surface area contributed by atoms with E-state index in [0.717, 1.165) is 67.0 Å². The fourth-order valence-electron chi connectivity index (χ4n) is 3.89. The molecule has 0 heterocycles. The maximum absolute atomic E-state index is 6.76. The van der Waals surface area contributed by atoms with Crippen LogP contribution in [0.1, 0.15) is 0 Å². The highest BCUT2D eigenvalue weighted by atomic mass is 79.9. The van der Waals surface area contributed by atoms with E-state index in [-0.39, 0.29) is 0 Å². The van der Waals surface area contributed by atoms with Gasteiger partial charge in [0, 0.05) is 49.1 Å².